The van der Waals surface area contributed by atoms with E-state index < -0.39 is 7.82 Å². The van der Waals surface area contributed by atoms with Crippen molar-refractivity contribution in [2.75, 3.05) is 27.5 Å². The van der Waals surface area contributed by atoms with Gasteiger partial charge in [-0.25, -0.2) is 4.57 Å². The fourth-order valence-corrected chi connectivity index (χ4v) is 0.224. The first-order chi connectivity index (χ1) is 9.95. The van der Waals surface area contributed by atoms with Crippen LogP contribution >= 0.6 is 36.2 Å². The molecule has 0 aliphatic rings. The normalized spacial score (nSPS) is 6.22. The van der Waals surface area contributed by atoms with Gasteiger partial charge in [0.1, 0.15) is 0 Å². The van der Waals surface area contributed by atoms with E-state index in [0.29, 0.717) is 0 Å². The third-order valence-electron chi connectivity index (χ3n) is 0.461. The molecule has 0 aliphatic heterocycles. The number of phosphoric ester groups is 1. The zero-order chi connectivity index (χ0) is 19.3. The molecule has 8 heteroatoms. The van der Waals surface area contributed by atoms with Gasteiger partial charge in [-0.05, 0) is 0 Å². The van der Waals surface area contributed by atoms with Gasteiger partial charge in [-0.3, -0.25) is 9.05 Å². The average Bonchev–Trinajstić information content (AvgIpc) is 2.56. The lowest BCUT2D eigenvalue weighted by Gasteiger charge is -2.01. The zero-order valence-electron chi connectivity index (χ0n) is 17.4. The first-order valence-corrected chi connectivity index (χ1v) is 11.4. The summed E-state index contributed by atoms with van der Waals surface area (Å²) < 4.78 is 18.0. The zero-order valence-corrected chi connectivity index (χ0v) is 22.0. The first-order valence-electron chi connectivity index (χ1n) is 7.55. The molecule has 0 amide bonds. The molecule has 0 bridgehead atoms. The molecule has 0 heterocycles. The predicted molar refractivity (Wildman–Crippen MR) is 128 cm³/mol. The van der Waals surface area contributed by atoms with Crippen LogP contribution in [0.5, 0.6) is 0 Å². The fraction of sp³-hybridized carbons (Fsp3) is 1.00. The summed E-state index contributed by atoms with van der Waals surface area (Å²) in [5, 5.41) is 0. The van der Waals surface area contributed by atoms with Crippen LogP contribution in [0.4, 0.5) is 0 Å². The van der Waals surface area contributed by atoms with Crippen molar-refractivity contribution in [3.63, 3.8) is 0 Å². The minimum absolute atomic E-state index is 0. The maximum absolute atomic E-state index is 10.1. The molecule has 0 aromatic carbocycles. The molecular formula is C15H52O4P4. The lowest BCUT2D eigenvalue weighted by molar-refractivity contribution is 0.204. The van der Waals surface area contributed by atoms with Crippen molar-refractivity contribution < 1.29 is 18.5 Å². The van der Waals surface area contributed by atoms with E-state index in [2.05, 4.69) is 55.2 Å². The van der Waals surface area contributed by atoms with E-state index in [0.717, 1.165) is 14.2 Å². The van der Waals surface area contributed by atoms with Crippen LogP contribution in [-0.4, -0.2) is 32.4 Å². The summed E-state index contributed by atoms with van der Waals surface area (Å²) in [5.41, 5.74) is 0. The van der Waals surface area contributed by atoms with Crippen molar-refractivity contribution in [3.05, 3.63) is 0 Å². The molecule has 0 rings (SSSR count). The quantitative estimate of drug-likeness (QED) is 0.492. The number of hydrogen-bond donors (Lipinski definition) is 1. The highest BCUT2D eigenvalue weighted by atomic mass is 31.2. The second-order valence-electron chi connectivity index (χ2n) is 2.25. The van der Waals surface area contributed by atoms with Crippen molar-refractivity contribution >= 4 is 36.2 Å². The summed E-state index contributed by atoms with van der Waals surface area (Å²) in [6.07, 6.45) is 2.50. The second kappa shape index (κ2) is 90.3. The Hall–Kier alpha value is 1.40. The van der Waals surface area contributed by atoms with Crippen molar-refractivity contribution in [1.82, 2.24) is 0 Å². The SMILES string of the molecule is C.CC.CC.CCC.CCC.COP(=O)(O)OC.CP.CP.P. The highest BCUT2D eigenvalue weighted by Gasteiger charge is 2.13. The first kappa shape index (κ1) is 56.3. The molecule has 0 radical (unpaired) electrons. The van der Waals surface area contributed by atoms with Crippen LogP contribution in [0.3, 0.4) is 0 Å². The molecule has 0 aromatic rings. The molecule has 0 spiro atoms. The van der Waals surface area contributed by atoms with Crippen LogP contribution in [-0.2, 0) is 13.6 Å². The number of hydrogen-bond acceptors (Lipinski definition) is 3. The standard InChI is InChI=1S/2C3H8.C2H7O4P.2C2H6.2CH5P.CH4.H3P/c2*1-3-2;1-5-7(3,4)6-2;4*1-2;;/h2*3H2,1-2H3;1-2H3,(H,3,4);2*1-2H3;2*2H2,1H3;1H4;1H3. The van der Waals surface area contributed by atoms with Gasteiger partial charge in [0.2, 0.25) is 0 Å². The van der Waals surface area contributed by atoms with E-state index in [9.17, 15) is 4.57 Å². The van der Waals surface area contributed by atoms with Crippen molar-refractivity contribution in [2.24, 2.45) is 0 Å². The van der Waals surface area contributed by atoms with E-state index in [1.54, 1.807) is 0 Å². The van der Waals surface area contributed by atoms with Crippen LogP contribution in [0, 0.1) is 0 Å². The molecule has 0 aliphatic carbocycles. The molecule has 3 atom stereocenters. The van der Waals surface area contributed by atoms with Gasteiger partial charge >= 0.3 is 7.82 Å². The molecule has 0 fully saturated rings. The van der Waals surface area contributed by atoms with E-state index in [4.69, 9.17) is 4.89 Å². The lowest BCUT2D eigenvalue weighted by Crippen LogP contribution is -1.83. The molecule has 23 heavy (non-hydrogen) atoms. The van der Waals surface area contributed by atoms with Crippen molar-refractivity contribution in [3.8, 4) is 0 Å². The molecule has 3 unspecified atom stereocenters. The van der Waals surface area contributed by atoms with E-state index in [1.807, 2.05) is 41.0 Å². The van der Waals surface area contributed by atoms with Gasteiger partial charge in [-0.15, -0.1) is 18.5 Å². The van der Waals surface area contributed by atoms with Crippen LogP contribution < -0.4 is 0 Å². The Morgan fingerprint density at radius 1 is 0.783 bits per heavy atom. The Morgan fingerprint density at radius 3 is 0.870 bits per heavy atom. The summed E-state index contributed by atoms with van der Waals surface area (Å²) in [6, 6.07) is 0. The summed E-state index contributed by atoms with van der Waals surface area (Å²) in [5.74, 6) is 0. The summed E-state index contributed by atoms with van der Waals surface area (Å²) in [4.78, 5) is 8.24. The Bertz CT molecular complexity index is 120. The third-order valence-corrected chi connectivity index (χ3v) is 1.38. The number of phosphoric acid groups is 1. The Labute approximate surface area is 158 Å². The molecule has 0 saturated heterocycles. The Kier molecular flexibility index (Phi) is 221. The minimum atomic E-state index is -3.65. The summed E-state index contributed by atoms with van der Waals surface area (Å²) in [7, 11) is 3.38. The number of rotatable bonds is 2. The molecule has 156 valence electrons. The van der Waals surface area contributed by atoms with Gasteiger partial charge in [0.15, 0.2) is 0 Å². The smallest absolute Gasteiger partial charge is 0.303 e. The Balaban J connectivity index is -0.0000000153. The summed E-state index contributed by atoms with van der Waals surface area (Å²) in [6.45, 7) is 20.3. The maximum Gasteiger partial charge on any atom is 0.471 e. The van der Waals surface area contributed by atoms with Crippen molar-refractivity contribution in [2.45, 2.75) is 75.7 Å². The molecule has 0 saturated carbocycles. The van der Waals surface area contributed by atoms with E-state index in [1.165, 1.54) is 12.8 Å². The summed E-state index contributed by atoms with van der Waals surface area (Å²) >= 11 is 0. The van der Waals surface area contributed by atoms with Gasteiger partial charge in [0.25, 0.3) is 0 Å². The molecule has 1 N–H and O–H groups in total. The van der Waals surface area contributed by atoms with E-state index in [-0.39, 0.29) is 17.3 Å². The van der Waals surface area contributed by atoms with Crippen LogP contribution in [0.1, 0.15) is 75.7 Å². The van der Waals surface area contributed by atoms with Gasteiger partial charge in [-0.2, -0.15) is 9.90 Å². The predicted octanol–water partition coefficient (Wildman–Crippen LogP) is 6.94. The minimum Gasteiger partial charge on any atom is -0.303 e. The average molecular weight is 420 g/mol. The monoisotopic (exact) mass is 420 g/mol. The lowest BCUT2D eigenvalue weighted by atomic mass is 10.6. The molecular weight excluding hydrogens is 368 g/mol. The fourth-order valence-electron chi connectivity index (χ4n) is 0.0745. The second-order valence-corrected chi connectivity index (χ2v) is 3.92. The topological polar surface area (TPSA) is 55.8 Å². The highest BCUT2D eigenvalue weighted by Crippen LogP contribution is 2.40. The van der Waals surface area contributed by atoms with Gasteiger partial charge in [0, 0.05) is 14.2 Å². The van der Waals surface area contributed by atoms with Crippen LogP contribution in [0.2, 0.25) is 0 Å². The Morgan fingerprint density at radius 2 is 0.870 bits per heavy atom. The molecule has 4 nitrogen and oxygen atoms in total. The van der Waals surface area contributed by atoms with E-state index >= 15 is 0 Å². The van der Waals surface area contributed by atoms with Gasteiger partial charge < -0.3 is 4.89 Å². The van der Waals surface area contributed by atoms with Gasteiger partial charge in [-0.1, -0.05) is 89.0 Å². The molecule has 0 aromatic heterocycles. The van der Waals surface area contributed by atoms with Crippen LogP contribution in [0.25, 0.3) is 0 Å². The largest absolute Gasteiger partial charge is 0.471 e. The maximum atomic E-state index is 10.1. The third kappa shape index (κ3) is 196. The van der Waals surface area contributed by atoms with Gasteiger partial charge in [0.05, 0.1) is 0 Å². The van der Waals surface area contributed by atoms with Crippen LogP contribution in [0.15, 0.2) is 0 Å². The highest BCUT2D eigenvalue weighted by molar-refractivity contribution is 7.47. The van der Waals surface area contributed by atoms with Crippen molar-refractivity contribution in [1.29, 1.82) is 0 Å².